The maximum Gasteiger partial charge on any atom is 0.209 e. The van der Waals surface area contributed by atoms with E-state index in [-0.39, 0.29) is 12.1 Å². The fourth-order valence-electron chi connectivity index (χ4n) is 2.07. The van der Waals surface area contributed by atoms with E-state index in [1.54, 1.807) is 14.2 Å². The summed E-state index contributed by atoms with van der Waals surface area (Å²) in [5.74, 6) is -0.554. The largest absolute Gasteiger partial charge is 0.371 e. The molecule has 0 aromatic carbocycles. The van der Waals surface area contributed by atoms with Crippen LogP contribution in [0.3, 0.4) is 0 Å². The minimum Gasteiger partial charge on any atom is -0.371 e. The normalized spacial score (nSPS) is 38.5. The summed E-state index contributed by atoms with van der Waals surface area (Å²) in [6.45, 7) is 1.52. The molecule has 12 heavy (non-hydrogen) atoms. The predicted molar refractivity (Wildman–Crippen MR) is 42.9 cm³/mol. The molecule has 0 aromatic rings. The Balaban J connectivity index is 2.15. The molecular weight excluding hydrogens is 158 g/mol. The second-order valence-corrected chi connectivity index (χ2v) is 3.29. The number of methoxy groups -OCH3 is 2. The van der Waals surface area contributed by atoms with Gasteiger partial charge >= 0.3 is 0 Å². The molecule has 2 rings (SSSR count). The lowest BCUT2D eigenvalue weighted by Gasteiger charge is -2.29. The second kappa shape index (κ2) is 2.96. The zero-order chi connectivity index (χ0) is 8.60. The van der Waals surface area contributed by atoms with Crippen molar-refractivity contribution in [1.82, 2.24) is 5.32 Å². The number of fused-ring (bicyclic) bond motifs is 1. The van der Waals surface area contributed by atoms with Gasteiger partial charge in [0.2, 0.25) is 5.79 Å². The highest BCUT2D eigenvalue weighted by molar-refractivity contribution is 5.01. The first kappa shape index (κ1) is 8.44. The highest BCUT2D eigenvalue weighted by Crippen LogP contribution is 2.32. The molecule has 0 unspecified atom stereocenters. The van der Waals surface area contributed by atoms with Gasteiger partial charge in [-0.15, -0.1) is 0 Å². The predicted octanol–water partition coefficient (Wildman–Crippen LogP) is -0.264. The summed E-state index contributed by atoms with van der Waals surface area (Å²) in [5.41, 5.74) is 0. The van der Waals surface area contributed by atoms with Crippen molar-refractivity contribution in [2.75, 3.05) is 27.4 Å². The van der Waals surface area contributed by atoms with Crippen LogP contribution >= 0.6 is 0 Å². The summed E-state index contributed by atoms with van der Waals surface area (Å²) in [6, 6.07) is 0.201. The van der Waals surface area contributed by atoms with Crippen molar-refractivity contribution in [3.8, 4) is 0 Å². The quantitative estimate of drug-likeness (QED) is 0.584. The third kappa shape index (κ3) is 0.992. The van der Waals surface area contributed by atoms with E-state index >= 15 is 0 Å². The molecule has 0 aromatic heterocycles. The summed E-state index contributed by atoms with van der Waals surface area (Å²) >= 11 is 0. The summed E-state index contributed by atoms with van der Waals surface area (Å²) in [6.07, 6.45) is 1.32. The molecule has 2 saturated heterocycles. The Labute approximate surface area is 72.2 Å². The zero-order valence-electron chi connectivity index (χ0n) is 7.50. The van der Waals surface area contributed by atoms with Gasteiger partial charge in [-0.3, -0.25) is 0 Å². The molecule has 70 valence electrons. The standard InChI is InChI=1S/C8H15NO3/c1-10-8(11-2)5-12-6-3-4-9-7(6)8/h6-7,9H,3-5H2,1-2H3/t6-,7-/m0/s1. The van der Waals surface area contributed by atoms with Gasteiger partial charge in [0.15, 0.2) is 0 Å². The van der Waals surface area contributed by atoms with E-state index in [0.717, 1.165) is 13.0 Å². The van der Waals surface area contributed by atoms with E-state index in [0.29, 0.717) is 6.61 Å². The van der Waals surface area contributed by atoms with Gasteiger partial charge in [-0.05, 0) is 13.0 Å². The Hall–Kier alpha value is -0.160. The van der Waals surface area contributed by atoms with E-state index in [1.165, 1.54) is 0 Å². The summed E-state index contributed by atoms with van der Waals surface area (Å²) < 4.78 is 16.3. The van der Waals surface area contributed by atoms with Crippen LogP contribution in [0.5, 0.6) is 0 Å². The molecule has 0 amide bonds. The van der Waals surface area contributed by atoms with Gasteiger partial charge in [0.25, 0.3) is 0 Å². The van der Waals surface area contributed by atoms with Crippen molar-refractivity contribution < 1.29 is 14.2 Å². The molecule has 2 aliphatic rings. The Bertz CT molecular complexity index is 170. The SMILES string of the molecule is COC1(OC)CO[C@H]2CCN[C@@H]21. The third-order valence-corrected chi connectivity index (χ3v) is 2.83. The molecule has 2 fully saturated rings. The highest BCUT2D eigenvalue weighted by Gasteiger charge is 2.52. The number of hydrogen-bond acceptors (Lipinski definition) is 4. The lowest BCUT2D eigenvalue weighted by Crippen LogP contribution is -2.51. The van der Waals surface area contributed by atoms with Crippen molar-refractivity contribution in [3.05, 3.63) is 0 Å². The van der Waals surface area contributed by atoms with Crippen LogP contribution < -0.4 is 5.32 Å². The Morgan fingerprint density at radius 3 is 2.83 bits per heavy atom. The summed E-state index contributed by atoms with van der Waals surface area (Å²) in [5, 5.41) is 3.34. The van der Waals surface area contributed by atoms with Gasteiger partial charge in [-0.2, -0.15) is 0 Å². The molecule has 2 aliphatic heterocycles. The molecule has 2 heterocycles. The first-order valence-corrected chi connectivity index (χ1v) is 4.28. The maximum absolute atomic E-state index is 5.56. The third-order valence-electron chi connectivity index (χ3n) is 2.83. The molecule has 0 radical (unpaired) electrons. The monoisotopic (exact) mass is 173 g/mol. The van der Waals surface area contributed by atoms with Crippen molar-refractivity contribution in [3.63, 3.8) is 0 Å². The van der Waals surface area contributed by atoms with Crippen LogP contribution in [0.2, 0.25) is 0 Å². The average molecular weight is 173 g/mol. The van der Waals surface area contributed by atoms with Crippen LogP contribution in [0.1, 0.15) is 6.42 Å². The lowest BCUT2D eigenvalue weighted by molar-refractivity contribution is -0.213. The molecule has 0 saturated carbocycles. The van der Waals surface area contributed by atoms with Crippen LogP contribution in [-0.2, 0) is 14.2 Å². The second-order valence-electron chi connectivity index (χ2n) is 3.29. The maximum atomic E-state index is 5.56. The van der Waals surface area contributed by atoms with E-state index in [4.69, 9.17) is 14.2 Å². The first-order chi connectivity index (χ1) is 5.82. The van der Waals surface area contributed by atoms with Gasteiger partial charge in [0.1, 0.15) is 6.61 Å². The topological polar surface area (TPSA) is 39.7 Å². The van der Waals surface area contributed by atoms with Crippen LogP contribution in [0.4, 0.5) is 0 Å². The Morgan fingerprint density at radius 2 is 2.17 bits per heavy atom. The van der Waals surface area contributed by atoms with E-state index in [9.17, 15) is 0 Å². The van der Waals surface area contributed by atoms with E-state index in [1.807, 2.05) is 0 Å². The minimum absolute atomic E-state index is 0.201. The van der Waals surface area contributed by atoms with Gasteiger partial charge < -0.3 is 19.5 Å². The molecule has 0 aliphatic carbocycles. The smallest absolute Gasteiger partial charge is 0.209 e. The van der Waals surface area contributed by atoms with Crippen molar-refractivity contribution >= 4 is 0 Å². The van der Waals surface area contributed by atoms with Gasteiger partial charge in [0.05, 0.1) is 12.1 Å². The first-order valence-electron chi connectivity index (χ1n) is 4.28. The zero-order valence-corrected chi connectivity index (χ0v) is 7.50. The number of nitrogens with one attached hydrogen (secondary N) is 1. The van der Waals surface area contributed by atoms with E-state index in [2.05, 4.69) is 5.32 Å². The molecular formula is C8H15NO3. The Kier molecular flexibility index (Phi) is 2.08. The average Bonchev–Trinajstić information content (AvgIpc) is 2.64. The van der Waals surface area contributed by atoms with Gasteiger partial charge in [0, 0.05) is 14.2 Å². The summed E-state index contributed by atoms with van der Waals surface area (Å²) in [7, 11) is 3.32. The fraction of sp³-hybridized carbons (Fsp3) is 1.00. The molecule has 0 bridgehead atoms. The van der Waals surface area contributed by atoms with Crippen molar-refractivity contribution in [1.29, 1.82) is 0 Å². The van der Waals surface area contributed by atoms with Crippen LogP contribution in [0.15, 0.2) is 0 Å². The number of rotatable bonds is 2. The fourth-order valence-corrected chi connectivity index (χ4v) is 2.07. The van der Waals surface area contributed by atoms with Gasteiger partial charge in [-0.1, -0.05) is 0 Å². The van der Waals surface area contributed by atoms with Crippen LogP contribution in [0, 0.1) is 0 Å². The van der Waals surface area contributed by atoms with Crippen LogP contribution in [-0.4, -0.2) is 45.3 Å². The number of hydrogen-bond donors (Lipinski definition) is 1. The number of ether oxygens (including phenoxy) is 3. The highest BCUT2D eigenvalue weighted by atomic mass is 16.7. The molecule has 4 nitrogen and oxygen atoms in total. The lowest BCUT2D eigenvalue weighted by atomic mass is 10.1. The minimum atomic E-state index is -0.554. The summed E-state index contributed by atoms with van der Waals surface area (Å²) in [4.78, 5) is 0. The van der Waals surface area contributed by atoms with Crippen molar-refractivity contribution in [2.24, 2.45) is 0 Å². The molecule has 1 N–H and O–H groups in total. The molecule has 2 atom stereocenters. The van der Waals surface area contributed by atoms with Gasteiger partial charge in [-0.25, -0.2) is 0 Å². The molecule has 4 heteroatoms. The van der Waals surface area contributed by atoms with Crippen molar-refractivity contribution in [2.45, 2.75) is 24.4 Å². The van der Waals surface area contributed by atoms with Crippen LogP contribution in [0.25, 0.3) is 0 Å². The van der Waals surface area contributed by atoms with E-state index < -0.39 is 5.79 Å². The Morgan fingerprint density at radius 1 is 1.42 bits per heavy atom. The molecule has 0 spiro atoms.